The minimum Gasteiger partial charge on any atom is -0.482 e. The van der Waals surface area contributed by atoms with Gasteiger partial charge in [0.2, 0.25) is 15.9 Å². The highest BCUT2D eigenvalue weighted by Gasteiger charge is 2.36. The number of fused-ring (bicyclic) bond motifs is 1. The molecule has 0 saturated carbocycles. The number of sulfonamides is 1. The first-order valence-electron chi connectivity index (χ1n) is 10.8. The molecule has 0 bridgehead atoms. The molecule has 0 spiro atoms. The molecule has 0 radical (unpaired) electrons. The van der Waals surface area contributed by atoms with Gasteiger partial charge in [-0.05, 0) is 37.8 Å². The van der Waals surface area contributed by atoms with Crippen molar-refractivity contribution >= 4 is 21.6 Å². The van der Waals surface area contributed by atoms with E-state index in [0.717, 1.165) is 25.7 Å². The van der Waals surface area contributed by atoms with Crippen molar-refractivity contribution in [2.24, 2.45) is 0 Å². The summed E-state index contributed by atoms with van der Waals surface area (Å²) in [5, 5.41) is 3.92. The molecule has 168 valence electrons. The summed E-state index contributed by atoms with van der Waals surface area (Å²) in [7, 11) is -3.67. The fourth-order valence-corrected chi connectivity index (χ4v) is 6.24. The van der Waals surface area contributed by atoms with Crippen LogP contribution in [0.3, 0.4) is 0 Å². The standard InChI is InChI=1S/C21H28N4O5S/c1-4-15-8-6-7-9-25(15)31(27,28)18-11-17-16(10-14(18)3)24(21(26)13-29-17)12-19-22-20(5-2)30-23-19/h10-11,15H,4-9,12-13H2,1-3H3/t15-/m0/s1. The van der Waals surface area contributed by atoms with Crippen molar-refractivity contribution in [1.82, 2.24) is 14.4 Å². The van der Waals surface area contributed by atoms with Gasteiger partial charge in [-0.25, -0.2) is 8.42 Å². The van der Waals surface area contributed by atoms with Gasteiger partial charge < -0.3 is 9.26 Å². The minimum atomic E-state index is -3.67. The molecule has 0 unspecified atom stereocenters. The summed E-state index contributed by atoms with van der Waals surface area (Å²) in [6.45, 7) is 6.17. The second-order valence-corrected chi connectivity index (χ2v) is 9.84. The Balaban J connectivity index is 1.69. The first-order valence-corrected chi connectivity index (χ1v) is 12.2. The third kappa shape index (κ3) is 4.06. The second kappa shape index (κ2) is 8.58. The number of hydrogen-bond acceptors (Lipinski definition) is 7. The van der Waals surface area contributed by atoms with Crippen LogP contribution in [-0.4, -0.2) is 48.0 Å². The Bertz CT molecular complexity index is 1080. The first-order chi connectivity index (χ1) is 14.8. The molecule has 1 amide bonds. The molecular formula is C21H28N4O5S. The summed E-state index contributed by atoms with van der Waals surface area (Å²) in [5.41, 5.74) is 1.09. The number of aryl methyl sites for hydroxylation is 2. The van der Waals surface area contributed by atoms with Crippen molar-refractivity contribution in [1.29, 1.82) is 0 Å². The topological polar surface area (TPSA) is 106 Å². The number of amides is 1. The van der Waals surface area contributed by atoms with Crippen LogP contribution < -0.4 is 9.64 Å². The Kier molecular flexibility index (Phi) is 6.02. The predicted octanol–water partition coefficient (Wildman–Crippen LogP) is 2.82. The summed E-state index contributed by atoms with van der Waals surface area (Å²) < 4.78 is 39.4. The van der Waals surface area contributed by atoms with Crippen LogP contribution in [0.15, 0.2) is 21.6 Å². The molecule has 3 heterocycles. The highest BCUT2D eigenvalue weighted by atomic mass is 32.2. The summed E-state index contributed by atoms with van der Waals surface area (Å²) in [6, 6.07) is 3.26. The van der Waals surface area contributed by atoms with Crippen molar-refractivity contribution in [2.75, 3.05) is 18.1 Å². The molecule has 1 atom stereocenters. The van der Waals surface area contributed by atoms with Crippen LogP contribution in [0.25, 0.3) is 0 Å². The van der Waals surface area contributed by atoms with E-state index < -0.39 is 10.0 Å². The van der Waals surface area contributed by atoms with E-state index in [9.17, 15) is 13.2 Å². The lowest BCUT2D eigenvalue weighted by atomic mass is 10.0. The molecule has 1 aromatic carbocycles. The van der Waals surface area contributed by atoms with Crippen LogP contribution in [0.2, 0.25) is 0 Å². The number of aromatic nitrogens is 2. The number of anilines is 1. The number of carbonyl (C=O) groups is 1. The van der Waals surface area contributed by atoms with Crippen molar-refractivity contribution in [3.63, 3.8) is 0 Å². The second-order valence-electron chi connectivity index (χ2n) is 7.99. The molecule has 2 aromatic rings. The van der Waals surface area contributed by atoms with Crippen LogP contribution in [0.1, 0.15) is 56.8 Å². The molecular weight excluding hydrogens is 420 g/mol. The number of nitrogens with zero attached hydrogens (tertiary/aromatic N) is 4. The molecule has 2 aliphatic heterocycles. The molecule has 4 rings (SSSR count). The van der Waals surface area contributed by atoms with Crippen LogP contribution in [0, 0.1) is 6.92 Å². The Labute approximate surface area is 182 Å². The van der Waals surface area contributed by atoms with Gasteiger partial charge in [0.15, 0.2) is 12.4 Å². The predicted molar refractivity (Wildman–Crippen MR) is 113 cm³/mol. The molecule has 0 aliphatic carbocycles. The van der Waals surface area contributed by atoms with E-state index in [1.165, 1.54) is 4.90 Å². The van der Waals surface area contributed by atoms with Crippen LogP contribution in [-0.2, 0) is 27.8 Å². The molecule has 31 heavy (non-hydrogen) atoms. The molecule has 1 aromatic heterocycles. The largest absolute Gasteiger partial charge is 0.482 e. The third-order valence-corrected chi connectivity index (χ3v) is 8.04. The van der Waals surface area contributed by atoms with Gasteiger partial charge in [0.25, 0.3) is 5.91 Å². The van der Waals surface area contributed by atoms with E-state index in [-0.39, 0.29) is 30.0 Å². The monoisotopic (exact) mass is 448 g/mol. The lowest BCUT2D eigenvalue weighted by molar-refractivity contribution is -0.121. The third-order valence-electron chi connectivity index (χ3n) is 5.94. The van der Waals surface area contributed by atoms with Gasteiger partial charge in [0.1, 0.15) is 5.75 Å². The SMILES string of the molecule is CCc1nc(CN2C(=O)COc3cc(S(=O)(=O)N4CCCC[C@@H]4CC)c(C)cc32)no1. The zero-order valence-corrected chi connectivity index (χ0v) is 18.9. The normalized spacial score (nSPS) is 19.9. The summed E-state index contributed by atoms with van der Waals surface area (Å²) in [6.07, 6.45) is 4.18. The molecule has 0 N–H and O–H groups in total. The molecule has 9 nitrogen and oxygen atoms in total. The van der Waals surface area contributed by atoms with Crippen LogP contribution in [0.5, 0.6) is 5.75 Å². The number of ether oxygens (including phenoxy) is 1. The molecule has 2 aliphatic rings. The fourth-order valence-electron chi connectivity index (χ4n) is 4.25. The van der Waals surface area contributed by atoms with Crippen molar-refractivity contribution in [3.8, 4) is 5.75 Å². The summed E-state index contributed by atoms with van der Waals surface area (Å²) >= 11 is 0. The van der Waals surface area contributed by atoms with Crippen LogP contribution >= 0.6 is 0 Å². The quantitative estimate of drug-likeness (QED) is 0.669. The van der Waals surface area contributed by atoms with Crippen molar-refractivity contribution < 1.29 is 22.5 Å². The average Bonchev–Trinajstić information content (AvgIpc) is 3.23. The van der Waals surface area contributed by atoms with E-state index in [4.69, 9.17) is 9.26 Å². The zero-order valence-electron chi connectivity index (χ0n) is 18.1. The van der Waals surface area contributed by atoms with E-state index in [1.807, 2.05) is 13.8 Å². The highest BCUT2D eigenvalue weighted by molar-refractivity contribution is 7.89. The maximum atomic E-state index is 13.5. The van der Waals surface area contributed by atoms with Gasteiger partial charge in [-0.3, -0.25) is 9.69 Å². The Morgan fingerprint density at radius 2 is 2.03 bits per heavy atom. The van der Waals surface area contributed by atoms with E-state index in [2.05, 4.69) is 10.1 Å². The zero-order chi connectivity index (χ0) is 22.2. The number of hydrogen-bond donors (Lipinski definition) is 0. The Morgan fingerprint density at radius 1 is 1.23 bits per heavy atom. The highest BCUT2D eigenvalue weighted by Crippen LogP contribution is 2.39. The lowest BCUT2D eigenvalue weighted by Gasteiger charge is -2.35. The fraction of sp³-hybridized carbons (Fsp3) is 0.571. The van der Waals surface area contributed by atoms with Gasteiger partial charge in [-0.15, -0.1) is 0 Å². The number of piperidine rings is 1. The molecule has 1 fully saturated rings. The lowest BCUT2D eigenvalue weighted by Crippen LogP contribution is -2.43. The maximum absolute atomic E-state index is 13.5. The smallest absolute Gasteiger partial charge is 0.265 e. The minimum absolute atomic E-state index is 0.0131. The maximum Gasteiger partial charge on any atom is 0.265 e. The average molecular weight is 449 g/mol. The van der Waals surface area contributed by atoms with Gasteiger partial charge in [0.05, 0.1) is 17.1 Å². The Morgan fingerprint density at radius 3 is 2.74 bits per heavy atom. The van der Waals surface area contributed by atoms with Gasteiger partial charge in [0, 0.05) is 25.1 Å². The van der Waals surface area contributed by atoms with Crippen molar-refractivity contribution in [3.05, 3.63) is 29.4 Å². The first kappa shape index (κ1) is 21.8. The van der Waals surface area contributed by atoms with E-state index in [0.29, 0.717) is 41.7 Å². The van der Waals surface area contributed by atoms with Crippen LogP contribution in [0.4, 0.5) is 5.69 Å². The van der Waals surface area contributed by atoms with E-state index in [1.54, 1.807) is 23.4 Å². The number of rotatable bonds is 6. The molecule has 10 heteroatoms. The van der Waals surface area contributed by atoms with Gasteiger partial charge >= 0.3 is 0 Å². The van der Waals surface area contributed by atoms with Gasteiger partial charge in [-0.1, -0.05) is 25.4 Å². The van der Waals surface area contributed by atoms with Crippen molar-refractivity contribution in [2.45, 2.75) is 70.4 Å². The number of benzene rings is 1. The number of carbonyl (C=O) groups excluding carboxylic acids is 1. The Hall–Kier alpha value is -2.46. The van der Waals surface area contributed by atoms with Gasteiger partial charge in [-0.2, -0.15) is 9.29 Å². The van der Waals surface area contributed by atoms with E-state index >= 15 is 0 Å². The summed E-state index contributed by atoms with van der Waals surface area (Å²) in [4.78, 5) is 18.6. The summed E-state index contributed by atoms with van der Waals surface area (Å²) in [5.74, 6) is 1.02. The molecule has 1 saturated heterocycles.